The maximum absolute atomic E-state index is 12.7. The highest BCUT2D eigenvalue weighted by atomic mass is 16.5. The Morgan fingerprint density at radius 2 is 2.11 bits per heavy atom. The summed E-state index contributed by atoms with van der Waals surface area (Å²) >= 11 is 0. The number of carboxylic acids is 1. The Morgan fingerprint density at radius 3 is 2.83 bits per heavy atom. The number of carboxylic acid groups (broad SMARTS) is 1. The van der Waals surface area contributed by atoms with Gasteiger partial charge < -0.3 is 19.2 Å². The molecule has 0 saturated heterocycles. The van der Waals surface area contributed by atoms with Crippen molar-refractivity contribution < 1.29 is 23.8 Å². The molecule has 0 aliphatic carbocycles. The molecule has 1 aromatic heterocycles. The molecule has 188 valence electrons. The molecule has 0 bridgehead atoms. The molecule has 1 aromatic carbocycles. The monoisotopic (exact) mass is 480 g/mol. The van der Waals surface area contributed by atoms with Crippen LogP contribution in [0.4, 0.5) is 0 Å². The van der Waals surface area contributed by atoms with Gasteiger partial charge in [0, 0.05) is 13.0 Å². The number of amides is 1. The number of rotatable bonds is 11. The van der Waals surface area contributed by atoms with Gasteiger partial charge in [0.15, 0.2) is 6.04 Å². The number of aryl methyl sites for hydroxylation is 1. The van der Waals surface area contributed by atoms with Crippen molar-refractivity contribution in [3.63, 3.8) is 0 Å². The molecule has 0 fully saturated rings. The van der Waals surface area contributed by atoms with Gasteiger partial charge in [-0.25, -0.2) is 9.78 Å². The number of ether oxygens (including phenoxy) is 1. The van der Waals surface area contributed by atoms with Gasteiger partial charge in [-0.2, -0.15) is 0 Å². The molecule has 35 heavy (non-hydrogen) atoms. The summed E-state index contributed by atoms with van der Waals surface area (Å²) in [5, 5.41) is 9.93. The molecule has 1 unspecified atom stereocenters. The summed E-state index contributed by atoms with van der Waals surface area (Å²) < 4.78 is 11.7. The quantitative estimate of drug-likeness (QED) is 0.425. The van der Waals surface area contributed by atoms with Gasteiger partial charge in [-0.05, 0) is 67.5 Å². The first-order chi connectivity index (χ1) is 16.8. The molecule has 1 N–H and O–H groups in total. The fourth-order valence-electron chi connectivity index (χ4n) is 4.09. The number of unbranched alkanes of at least 4 members (excludes halogenated alkanes) is 1. The molecule has 2 heterocycles. The van der Waals surface area contributed by atoms with Crippen LogP contribution in [0.25, 0.3) is 6.08 Å². The van der Waals surface area contributed by atoms with E-state index in [4.69, 9.17) is 9.15 Å². The second-order valence-corrected chi connectivity index (χ2v) is 9.26. The molecule has 2 aromatic rings. The molecule has 0 spiro atoms. The number of allylic oxidation sites excluding steroid dienone is 2. The zero-order valence-corrected chi connectivity index (χ0v) is 21.1. The lowest BCUT2D eigenvalue weighted by molar-refractivity contribution is -0.149. The lowest BCUT2D eigenvalue weighted by Crippen LogP contribution is -2.42. The second kappa shape index (κ2) is 12.4. The Balaban J connectivity index is 1.67. The van der Waals surface area contributed by atoms with Crippen molar-refractivity contribution in [3.8, 4) is 5.75 Å². The number of benzene rings is 1. The number of carbonyl (C=O) groups excluding carboxylic acids is 1. The summed E-state index contributed by atoms with van der Waals surface area (Å²) in [4.78, 5) is 30.8. The minimum absolute atomic E-state index is 0.275. The number of hydrogen-bond acceptors (Lipinski definition) is 5. The predicted molar refractivity (Wildman–Crippen MR) is 135 cm³/mol. The topological polar surface area (TPSA) is 92.9 Å². The van der Waals surface area contributed by atoms with Gasteiger partial charge in [-0.3, -0.25) is 4.79 Å². The Kier molecular flexibility index (Phi) is 9.29. The van der Waals surface area contributed by atoms with Crippen molar-refractivity contribution in [3.05, 3.63) is 64.9 Å². The number of aromatic nitrogens is 1. The average Bonchev–Trinajstić information content (AvgIpc) is 3.16. The number of carbonyl (C=O) groups is 2. The van der Waals surface area contributed by atoms with Crippen LogP contribution in [0.2, 0.25) is 0 Å². The van der Waals surface area contributed by atoms with Crippen molar-refractivity contribution in [1.29, 1.82) is 0 Å². The second-order valence-electron chi connectivity index (χ2n) is 9.26. The molecule has 7 heteroatoms. The van der Waals surface area contributed by atoms with Gasteiger partial charge in [0.05, 0.1) is 12.3 Å². The van der Waals surface area contributed by atoms with E-state index >= 15 is 0 Å². The van der Waals surface area contributed by atoms with Gasteiger partial charge in [0.25, 0.3) is 0 Å². The van der Waals surface area contributed by atoms with Crippen LogP contribution in [-0.4, -0.2) is 40.0 Å². The van der Waals surface area contributed by atoms with Crippen LogP contribution in [0.3, 0.4) is 0 Å². The highest BCUT2D eigenvalue weighted by Gasteiger charge is 2.35. The number of oxazole rings is 1. The molecule has 0 radical (unpaired) electrons. The predicted octanol–water partition coefficient (Wildman–Crippen LogP) is 5.53. The third-order valence-electron chi connectivity index (χ3n) is 5.96. The summed E-state index contributed by atoms with van der Waals surface area (Å²) in [7, 11) is 0. The fraction of sp³-hybridized carbons (Fsp3) is 0.464. The Bertz CT molecular complexity index is 1080. The number of fused-ring (bicyclic) bond motifs is 1. The van der Waals surface area contributed by atoms with Crippen molar-refractivity contribution in [1.82, 2.24) is 9.88 Å². The smallest absolute Gasteiger partial charge is 0.331 e. The number of hydrogen-bond donors (Lipinski definition) is 1. The van der Waals surface area contributed by atoms with Crippen LogP contribution in [0.5, 0.6) is 5.75 Å². The summed E-state index contributed by atoms with van der Waals surface area (Å²) in [5.41, 5.74) is 2.37. The summed E-state index contributed by atoms with van der Waals surface area (Å²) in [6.07, 6.45) is 11.1. The standard InChI is InChI=1S/C28H36N2O5/c1-5-6-7-11-26(31)30-16-14-21-12-13-22(18-23(21)27(30)28(32)33)34-17-15-24-20(4)35-25(29-24)10-8-9-19(2)3/h7-8,10-13,18-19,27H,5-6,9,14-17H2,1-4H3,(H,32,33)/b10-8+,11-7+. The Hall–Kier alpha value is -3.35. The largest absolute Gasteiger partial charge is 0.493 e. The van der Waals surface area contributed by atoms with E-state index in [9.17, 15) is 14.7 Å². The van der Waals surface area contributed by atoms with Crippen LogP contribution >= 0.6 is 0 Å². The first-order valence-corrected chi connectivity index (χ1v) is 12.4. The molecular formula is C28H36N2O5. The van der Waals surface area contributed by atoms with Crippen LogP contribution in [0.1, 0.15) is 74.5 Å². The first-order valence-electron chi connectivity index (χ1n) is 12.4. The third kappa shape index (κ3) is 7.07. The maximum Gasteiger partial charge on any atom is 0.331 e. The van der Waals surface area contributed by atoms with Gasteiger partial charge in [-0.15, -0.1) is 0 Å². The lowest BCUT2D eigenvalue weighted by atomic mass is 9.92. The highest BCUT2D eigenvalue weighted by Crippen LogP contribution is 2.33. The van der Waals surface area contributed by atoms with E-state index in [-0.39, 0.29) is 5.91 Å². The molecule has 1 aliphatic heterocycles. The molecule has 3 rings (SSSR count). The van der Waals surface area contributed by atoms with Crippen LogP contribution in [-0.2, 0) is 22.4 Å². The Morgan fingerprint density at radius 1 is 1.31 bits per heavy atom. The zero-order valence-electron chi connectivity index (χ0n) is 21.1. The third-order valence-corrected chi connectivity index (χ3v) is 5.96. The van der Waals surface area contributed by atoms with Gasteiger partial charge in [-0.1, -0.05) is 45.4 Å². The van der Waals surface area contributed by atoms with Crippen molar-refractivity contribution in [2.45, 2.75) is 65.8 Å². The van der Waals surface area contributed by atoms with E-state index in [0.717, 1.165) is 36.3 Å². The summed E-state index contributed by atoms with van der Waals surface area (Å²) in [6, 6.07) is 4.47. The van der Waals surface area contributed by atoms with Crippen molar-refractivity contribution in [2.24, 2.45) is 5.92 Å². The molecule has 1 aliphatic rings. The van der Waals surface area contributed by atoms with E-state index in [0.29, 0.717) is 49.1 Å². The maximum atomic E-state index is 12.7. The van der Waals surface area contributed by atoms with Gasteiger partial charge >= 0.3 is 5.97 Å². The van der Waals surface area contributed by atoms with Crippen LogP contribution in [0, 0.1) is 12.8 Å². The van der Waals surface area contributed by atoms with E-state index in [2.05, 4.69) is 24.9 Å². The average molecular weight is 481 g/mol. The highest BCUT2D eigenvalue weighted by molar-refractivity contribution is 5.92. The van der Waals surface area contributed by atoms with Crippen molar-refractivity contribution in [2.75, 3.05) is 13.2 Å². The van der Waals surface area contributed by atoms with Crippen LogP contribution in [0.15, 0.2) is 40.8 Å². The fourth-order valence-corrected chi connectivity index (χ4v) is 4.09. The van der Waals surface area contributed by atoms with Gasteiger partial charge in [0.2, 0.25) is 11.8 Å². The van der Waals surface area contributed by atoms with Gasteiger partial charge in [0.1, 0.15) is 11.5 Å². The van der Waals surface area contributed by atoms with E-state index in [1.807, 2.05) is 32.1 Å². The number of nitrogens with zero attached hydrogens (tertiary/aromatic N) is 2. The zero-order chi connectivity index (χ0) is 25.4. The molecule has 1 amide bonds. The lowest BCUT2D eigenvalue weighted by Gasteiger charge is -2.34. The molecule has 0 saturated carbocycles. The molecule has 7 nitrogen and oxygen atoms in total. The van der Waals surface area contributed by atoms with Crippen molar-refractivity contribution >= 4 is 18.0 Å². The number of aliphatic carboxylic acids is 1. The SMILES string of the molecule is CCC/C=C/C(=O)N1CCc2ccc(OCCc3nc(/C=C/CC(C)C)oc3C)cc2C1C(=O)O. The van der Waals surface area contributed by atoms with E-state index in [1.165, 1.54) is 11.0 Å². The minimum Gasteiger partial charge on any atom is -0.493 e. The normalized spacial score (nSPS) is 15.8. The Labute approximate surface area is 207 Å². The first kappa shape index (κ1) is 26.3. The summed E-state index contributed by atoms with van der Waals surface area (Å²) in [5.74, 6) is 1.19. The molecule has 1 atom stereocenters. The molecular weight excluding hydrogens is 444 g/mol. The minimum atomic E-state index is -1.04. The van der Waals surface area contributed by atoms with E-state index < -0.39 is 12.0 Å². The van der Waals surface area contributed by atoms with E-state index in [1.54, 1.807) is 12.1 Å². The summed E-state index contributed by atoms with van der Waals surface area (Å²) in [6.45, 7) is 8.99. The van der Waals surface area contributed by atoms with Crippen LogP contribution < -0.4 is 4.74 Å².